The SMILES string of the molecule is Cc1ccc(C2(C)CC(C)(C)c3cc(C)ccc32)cc1. The molecule has 1 unspecified atom stereocenters. The molecule has 0 saturated carbocycles. The van der Waals surface area contributed by atoms with Crippen molar-refractivity contribution in [2.24, 2.45) is 0 Å². The zero-order chi connectivity index (χ0) is 14.5. The standard InChI is InChI=1S/C20H24/c1-14-6-9-16(10-7-14)20(5)13-19(3,4)18-12-15(2)8-11-17(18)20/h6-12H,13H2,1-5H3. The Morgan fingerprint density at radius 3 is 2.00 bits per heavy atom. The van der Waals surface area contributed by atoms with Crippen molar-refractivity contribution >= 4 is 0 Å². The van der Waals surface area contributed by atoms with Gasteiger partial charge in [0.25, 0.3) is 0 Å². The molecular weight excluding hydrogens is 240 g/mol. The average molecular weight is 264 g/mol. The lowest BCUT2D eigenvalue weighted by Gasteiger charge is -2.28. The molecular formula is C20H24. The minimum atomic E-state index is 0.139. The first-order chi connectivity index (χ1) is 9.33. The number of hydrogen-bond acceptors (Lipinski definition) is 0. The summed E-state index contributed by atoms with van der Waals surface area (Å²) >= 11 is 0. The lowest BCUT2D eigenvalue weighted by molar-refractivity contribution is 0.425. The Bertz CT molecular complexity index is 646. The smallest absolute Gasteiger partial charge is 0.0185 e. The maximum Gasteiger partial charge on any atom is 0.0185 e. The predicted molar refractivity (Wildman–Crippen MR) is 86.5 cm³/mol. The zero-order valence-electron chi connectivity index (χ0n) is 13.2. The van der Waals surface area contributed by atoms with Crippen LogP contribution in [-0.4, -0.2) is 0 Å². The second kappa shape index (κ2) is 4.22. The Hall–Kier alpha value is -1.56. The van der Waals surface area contributed by atoms with Crippen LogP contribution in [0, 0.1) is 13.8 Å². The van der Waals surface area contributed by atoms with Crippen LogP contribution in [0.4, 0.5) is 0 Å². The number of hydrogen-bond donors (Lipinski definition) is 0. The van der Waals surface area contributed by atoms with E-state index >= 15 is 0 Å². The zero-order valence-corrected chi connectivity index (χ0v) is 13.2. The van der Waals surface area contributed by atoms with Crippen LogP contribution in [0.2, 0.25) is 0 Å². The van der Waals surface area contributed by atoms with E-state index in [1.807, 2.05) is 0 Å². The summed E-state index contributed by atoms with van der Waals surface area (Å²) < 4.78 is 0. The van der Waals surface area contributed by atoms with E-state index in [4.69, 9.17) is 0 Å². The van der Waals surface area contributed by atoms with Crippen molar-refractivity contribution in [3.63, 3.8) is 0 Å². The second-order valence-electron chi connectivity index (χ2n) is 7.31. The lowest BCUT2D eigenvalue weighted by Crippen LogP contribution is -2.23. The van der Waals surface area contributed by atoms with E-state index in [1.54, 1.807) is 0 Å². The normalized spacial score (nSPS) is 23.6. The average Bonchev–Trinajstić information content (AvgIpc) is 2.58. The number of benzene rings is 2. The first-order valence-electron chi connectivity index (χ1n) is 7.52. The molecule has 1 aliphatic carbocycles. The maximum atomic E-state index is 2.40. The number of aryl methyl sites for hydroxylation is 2. The van der Waals surface area contributed by atoms with Gasteiger partial charge in [-0.2, -0.15) is 0 Å². The summed E-state index contributed by atoms with van der Waals surface area (Å²) in [6.07, 6.45) is 1.18. The summed E-state index contributed by atoms with van der Waals surface area (Å²) in [6, 6.07) is 16.1. The third kappa shape index (κ3) is 1.90. The van der Waals surface area contributed by atoms with Gasteiger partial charge in [0.05, 0.1) is 0 Å². The molecule has 0 aromatic heterocycles. The van der Waals surface area contributed by atoms with E-state index in [1.165, 1.54) is 34.2 Å². The van der Waals surface area contributed by atoms with Crippen LogP contribution in [-0.2, 0) is 10.8 Å². The fourth-order valence-electron chi connectivity index (χ4n) is 3.95. The largest absolute Gasteiger partial charge is 0.0590 e. The lowest BCUT2D eigenvalue weighted by atomic mass is 9.75. The van der Waals surface area contributed by atoms with Gasteiger partial charge < -0.3 is 0 Å². The molecule has 0 heteroatoms. The van der Waals surface area contributed by atoms with Crippen LogP contribution >= 0.6 is 0 Å². The molecule has 0 aliphatic heterocycles. The third-order valence-electron chi connectivity index (χ3n) is 4.98. The quantitative estimate of drug-likeness (QED) is 0.656. The van der Waals surface area contributed by atoms with E-state index in [9.17, 15) is 0 Å². The molecule has 0 nitrogen and oxygen atoms in total. The highest BCUT2D eigenvalue weighted by atomic mass is 14.5. The first-order valence-corrected chi connectivity index (χ1v) is 7.52. The molecule has 3 rings (SSSR count). The van der Waals surface area contributed by atoms with Crippen LogP contribution in [0.25, 0.3) is 0 Å². The summed E-state index contributed by atoms with van der Waals surface area (Å²) in [4.78, 5) is 0. The number of rotatable bonds is 1. The van der Waals surface area contributed by atoms with Gasteiger partial charge in [-0.25, -0.2) is 0 Å². The number of fused-ring (bicyclic) bond motifs is 1. The summed E-state index contributed by atoms with van der Waals surface area (Å²) in [5, 5.41) is 0. The van der Waals surface area contributed by atoms with Crippen molar-refractivity contribution in [3.8, 4) is 0 Å². The van der Waals surface area contributed by atoms with Crippen LogP contribution in [0.5, 0.6) is 0 Å². The van der Waals surface area contributed by atoms with Gasteiger partial charge >= 0.3 is 0 Å². The highest BCUT2D eigenvalue weighted by molar-refractivity contribution is 5.52. The molecule has 0 bridgehead atoms. The second-order valence-corrected chi connectivity index (χ2v) is 7.31. The molecule has 104 valence electrons. The van der Waals surface area contributed by atoms with Crippen molar-refractivity contribution in [2.75, 3.05) is 0 Å². The van der Waals surface area contributed by atoms with Gasteiger partial charge in [0.1, 0.15) is 0 Å². The minimum Gasteiger partial charge on any atom is -0.0590 e. The predicted octanol–water partition coefficient (Wildman–Crippen LogP) is 5.29. The molecule has 2 aromatic rings. The van der Waals surface area contributed by atoms with Crippen molar-refractivity contribution < 1.29 is 0 Å². The van der Waals surface area contributed by atoms with E-state index in [2.05, 4.69) is 77.1 Å². The first kappa shape index (κ1) is 13.4. The van der Waals surface area contributed by atoms with Gasteiger partial charge in [-0.1, -0.05) is 74.4 Å². The molecule has 1 aliphatic rings. The Balaban J connectivity index is 2.20. The van der Waals surface area contributed by atoms with Crippen LogP contribution in [0.3, 0.4) is 0 Å². The van der Waals surface area contributed by atoms with Crippen molar-refractivity contribution in [2.45, 2.75) is 51.9 Å². The Labute approximate surface area is 122 Å². The Morgan fingerprint density at radius 2 is 1.35 bits per heavy atom. The fraction of sp³-hybridized carbons (Fsp3) is 0.400. The van der Waals surface area contributed by atoms with Gasteiger partial charge in [0.2, 0.25) is 0 Å². The van der Waals surface area contributed by atoms with E-state index in [-0.39, 0.29) is 10.8 Å². The van der Waals surface area contributed by atoms with E-state index in [0.29, 0.717) is 0 Å². The molecule has 0 radical (unpaired) electrons. The van der Waals surface area contributed by atoms with E-state index in [0.717, 1.165) is 0 Å². The monoisotopic (exact) mass is 264 g/mol. The van der Waals surface area contributed by atoms with Crippen molar-refractivity contribution in [1.29, 1.82) is 0 Å². The molecule has 0 N–H and O–H groups in total. The molecule has 1 atom stereocenters. The van der Waals surface area contributed by atoms with Crippen LogP contribution in [0.1, 0.15) is 55.0 Å². The molecule has 0 spiro atoms. The van der Waals surface area contributed by atoms with Gasteiger partial charge in [0.15, 0.2) is 0 Å². The van der Waals surface area contributed by atoms with Crippen LogP contribution < -0.4 is 0 Å². The third-order valence-corrected chi connectivity index (χ3v) is 4.98. The van der Waals surface area contributed by atoms with Crippen molar-refractivity contribution in [1.82, 2.24) is 0 Å². The molecule has 0 saturated heterocycles. The van der Waals surface area contributed by atoms with Gasteiger partial charge in [-0.05, 0) is 42.4 Å². The molecule has 20 heavy (non-hydrogen) atoms. The summed E-state index contributed by atoms with van der Waals surface area (Å²) in [6.45, 7) is 11.5. The maximum absolute atomic E-state index is 2.40. The van der Waals surface area contributed by atoms with E-state index < -0.39 is 0 Å². The Morgan fingerprint density at radius 1 is 0.750 bits per heavy atom. The van der Waals surface area contributed by atoms with Gasteiger partial charge in [-0.15, -0.1) is 0 Å². The minimum absolute atomic E-state index is 0.139. The summed E-state index contributed by atoms with van der Waals surface area (Å²) in [7, 11) is 0. The fourth-order valence-corrected chi connectivity index (χ4v) is 3.95. The van der Waals surface area contributed by atoms with Gasteiger partial charge in [-0.3, -0.25) is 0 Å². The van der Waals surface area contributed by atoms with Crippen LogP contribution in [0.15, 0.2) is 42.5 Å². The summed E-state index contributed by atoms with van der Waals surface area (Å²) in [5.41, 5.74) is 7.57. The molecule has 0 heterocycles. The summed E-state index contributed by atoms with van der Waals surface area (Å²) in [5.74, 6) is 0. The van der Waals surface area contributed by atoms with Gasteiger partial charge in [0, 0.05) is 5.41 Å². The highest BCUT2D eigenvalue weighted by Gasteiger charge is 2.45. The molecule has 0 amide bonds. The molecule has 2 aromatic carbocycles. The Kier molecular flexibility index (Phi) is 2.83. The van der Waals surface area contributed by atoms with Crippen molar-refractivity contribution in [3.05, 3.63) is 70.3 Å². The highest BCUT2D eigenvalue weighted by Crippen LogP contribution is 2.52. The molecule has 0 fully saturated rings. The topological polar surface area (TPSA) is 0 Å².